The van der Waals surface area contributed by atoms with Crippen molar-refractivity contribution in [1.82, 2.24) is 0 Å². The Hall–Kier alpha value is -3.46. The molecule has 1 unspecified atom stereocenters. The zero-order chi connectivity index (χ0) is 27.5. The van der Waals surface area contributed by atoms with E-state index in [9.17, 15) is 21.4 Å². The van der Waals surface area contributed by atoms with Gasteiger partial charge in [-0.1, -0.05) is 83.4 Å². The van der Waals surface area contributed by atoms with Gasteiger partial charge in [-0.2, -0.15) is 16.8 Å². The molecule has 0 heterocycles. The molecule has 0 bridgehead atoms. The number of aryl methyl sites for hydroxylation is 4. The molecule has 0 amide bonds. The highest BCUT2D eigenvalue weighted by Gasteiger charge is 2.25. The molecule has 0 aliphatic heterocycles. The first-order valence-corrected chi connectivity index (χ1v) is 15.0. The summed E-state index contributed by atoms with van der Waals surface area (Å²) in [5, 5.41) is 0. The quantitative estimate of drug-likeness (QED) is 0.192. The van der Waals surface area contributed by atoms with Crippen molar-refractivity contribution in [1.29, 1.82) is 0 Å². The maximum atomic E-state index is 13.2. The van der Waals surface area contributed by atoms with E-state index in [1.165, 1.54) is 18.2 Å². The number of rotatable bonds is 9. The maximum absolute atomic E-state index is 13.2. The lowest BCUT2D eigenvalue weighted by atomic mass is 9.85. The molecule has 0 saturated carbocycles. The fourth-order valence-corrected chi connectivity index (χ4v) is 6.22. The van der Waals surface area contributed by atoms with Gasteiger partial charge >= 0.3 is 10.1 Å². The van der Waals surface area contributed by atoms with Gasteiger partial charge in [-0.15, -0.1) is 0 Å². The van der Waals surface area contributed by atoms with Gasteiger partial charge in [0.15, 0.2) is 0 Å². The lowest BCUT2D eigenvalue weighted by molar-refractivity contribution is 0.477. The van der Waals surface area contributed by atoms with Crippen LogP contribution in [-0.2, 0) is 26.7 Å². The Bertz CT molecular complexity index is 1640. The molecule has 0 saturated heterocycles. The molecule has 0 spiro atoms. The van der Waals surface area contributed by atoms with Crippen molar-refractivity contribution in [3.63, 3.8) is 0 Å². The van der Waals surface area contributed by atoms with Crippen molar-refractivity contribution in [2.24, 2.45) is 0 Å². The molecule has 38 heavy (non-hydrogen) atoms. The highest BCUT2D eigenvalue weighted by atomic mass is 32.2. The van der Waals surface area contributed by atoms with Gasteiger partial charge in [0.1, 0.15) is 10.6 Å². The van der Waals surface area contributed by atoms with Crippen LogP contribution in [0.5, 0.6) is 5.75 Å². The first-order chi connectivity index (χ1) is 17.9. The molecule has 0 aliphatic rings. The van der Waals surface area contributed by atoms with E-state index in [1.807, 2.05) is 57.2 Å². The predicted molar refractivity (Wildman–Crippen MR) is 148 cm³/mol. The molecule has 0 fully saturated rings. The van der Waals surface area contributed by atoms with E-state index in [-0.39, 0.29) is 21.5 Å². The van der Waals surface area contributed by atoms with Crippen molar-refractivity contribution in [2.75, 3.05) is 0 Å². The normalized spacial score (nSPS) is 12.7. The summed E-state index contributed by atoms with van der Waals surface area (Å²) in [4.78, 5) is -0.0685. The minimum Gasteiger partial charge on any atom is -0.379 e. The van der Waals surface area contributed by atoms with Crippen molar-refractivity contribution >= 4 is 20.2 Å². The Morgan fingerprint density at radius 1 is 0.737 bits per heavy atom. The maximum Gasteiger partial charge on any atom is 0.339 e. The summed E-state index contributed by atoms with van der Waals surface area (Å²) in [6, 6.07) is 26.2. The van der Waals surface area contributed by atoms with Crippen molar-refractivity contribution in [3.05, 3.63) is 124 Å². The molecule has 1 atom stereocenters. The predicted octanol–water partition coefficient (Wildman–Crippen LogP) is 6.39. The SMILES string of the molecule is Cc1ccc(S(=O)(=O)Oc2ccc(C)cc2C(CCc2cc(C)ccc2S(=O)(=O)O)c2ccccc2)cc1. The lowest BCUT2D eigenvalue weighted by Crippen LogP contribution is -2.13. The molecule has 4 aromatic carbocycles. The van der Waals surface area contributed by atoms with E-state index in [2.05, 4.69) is 0 Å². The van der Waals surface area contributed by atoms with Crippen LogP contribution in [0.2, 0.25) is 0 Å². The largest absolute Gasteiger partial charge is 0.379 e. The number of benzene rings is 4. The minimum atomic E-state index is -4.40. The summed E-state index contributed by atoms with van der Waals surface area (Å²) >= 11 is 0. The minimum absolute atomic E-state index is 0.0587. The third-order valence-electron chi connectivity index (χ3n) is 6.45. The Labute approximate surface area is 224 Å². The molecule has 4 aromatic rings. The molecule has 8 heteroatoms. The van der Waals surface area contributed by atoms with Crippen LogP contribution in [0, 0.1) is 20.8 Å². The molecular formula is C30H30O6S2. The van der Waals surface area contributed by atoms with Crippen LogP contribution in [0.25, 0.3) is 0 Å². The molecule has 4 rings (SSSR count). The van der Waals surface area contributed by atoms with Crippen LogP contribution in [0.15, 0.2) is 101 Å². The molecule has 0 radical (unpaired) electrons. The lowest BCUT2D eigenvalue weighted by Gasteiger charge is -2.22. The number of hydrogen-bond donors (Lipinski definition) is 1. The van der Waals surface area contributed by atoms with Crippen molar-refractivity contribution < 1.29 is 25.6 Å². The van der Waals surface area contributed by atoms with Gasteiger partial charge in [0, 0.05) is 11.5 Å². The Kier molecular flexibility index (Phi) is 8.06. The second-order valence-corrected chi connectivity index (χ2v) is 12.4. The highest BCUT2D eigenvalue weighted by Crippen LogP contribution is 2.38. The van der Waals surface area contributed by atoms with Gasteiger partial charge in [-0.05, 0) is 69.0 Å². The second kappa shape index (κ2) is 11.1. The van der Waals surface area contributed by atoms with Gasteiger partial charge in [0.25, 0.3) is 10.1 Å². The van der Waals surface area contributed by atoms with Crippen molar-refractivity contribution in [2.45, 2.75) is 49.3 Å². The summed E-state index contributed by atoms with van der Waals surface area (Å²) < 4.78 is 65.9. The van der Waals surface area contributed by atoms with E-state index in [0.29, 0.717) is 24.0 Å². The third-order valence-corrected chi connectivity index (χ3v) is 8.65. The van der Waals surface area contributed by atoms with Crippen LogP contribution in [-0.4, -0.2) is 21.4 Å². The third kappa shape index (κ3) is 6.51. The molecule has 0 aliphatic carbocycles. The van der Waals surface area contributed by atoms with Crippen LogP contribution in [0.4, 0.5) is 0 Å². The summed E-state index contributed by atoms with van der Waals surface area (Å²) in [6.45, 7) is 5.65. The summed E-state index contributed by atoms with van der Waals surface area (Å²) in [5.41, 5.74) is 4.83. The second-order valence-electron chi connectivity index (χ2n) is 9.48. The van der Waals surface area contributed by atoms with Crippen molar-refractivity contribution in [3.8, 4) is 5.75 Å². The van der Waals surface area contributed by atoms with Gasteiger partial charge in [-0.25, -0.2) is 0 Å². The van der Waals surface area contributed by atoms with E-state index in [4.69, 9.17) is 4.18 Å². The first kappa shape index (κ1) is 27.6. The molecular weight excluding hydrogens is 520 g/mol. The van der Waals surface area contributed by atoms with Crippen LogP contribution in [0.1, 0.15) is 45.7 Å². The fourth-order valence-electron chi connectivity index (χ4n) is 4.53. The zero-order valence-electron chi connectivity index (χ0n) is 21.5. The van der Waals surface area contributed by atoms with Gasteiger partial charge < -0.3 is 4.18 Å². The Morgan fingerprint density at radius 2 is 1.34 bits per heavy atom. The standard InChI is InChI=1S/C30H30O6S2/c1-21-9-14-26(15-10-21)38(34,35)36-29-17-11-23(3)20-28(29)27(24-7-5-4-6-8-24)16-13-25-19-22(2)12-18-30(25)37(31,32)33/h4-12,14-15,17-20,27H,13,16H2,1-3H3,(H,31,32,33). The Morgan fingerprint density at radius 3 is 2.00 bits per heavy atom. The van der Waals surface area contributed by atoms with Gasteiger partial charge in [0.05, 0.1) is 4.90 Å². The average molecular weight is 551 g/mol. The topological polar surface area (TPSA) is 97.7 Å². The number of hydrogen-bond acceptors (Lipinski definition) is 5. The molecule has 1 N–H and O–H groups in total. The summed E-state index contributed by atoms with van der Waals surface area (Å²) in [7, 11) is -8.50. The summed E-state index contributed by atoms with van der Waals surface area (Å²) in [6.07, 6.45) is 0.773. The van der Waals surface area contributed by atoms with Crippen LogP contribution >= 0.6 is 0 Å². The molecule has 198 valence electrons. The fraction of sp³-hybridized carbons (Fsp3) is 0.200. The van der Waals surface area contributed by atoms with Gasteiger partial charge in [0.2, 0.25) is 0 Å². The van der Waals surface area contributed by atoms with Crippen LogP contribution < -0.4 is 4.18 Å². The highest BCUT2D eigenvalue weighted by molar-refractivity contribution is 7.87. The Balaban J connectivity index is 1.77. The smallest absolute Gasteiger partial charge is 0.339 e. The van der Waals surface area contributed by atoms with Gasteiger partial charge in [-0.3, -0.25) is 4.55 Å². The average Bonchev–Trinajstić information content (AvgIpc) is 2.86. The monoisotopic (exact) mass is 550 g/mol. The van der Waals surface area contributed by atoms with E-state index in [0.717, 1.165) is 22.3 Å². The van der Waals surface area contributed by atoms with E-state index < -0.39 is 20.2 Å². The van der Waals surface area contributed by atoms with Crippen LogP contribution in [0.3, 0.4) is 0 Å². The van der Waals surface area contributed by atoms with E-state index in [1.54, 1.807) is 36.4 Å². The molecule has 0 aromatic heterocycles. The molecule has 6 nitrogen and oxygen atoms in total. The summed E-state index contributed by atoms with van der Waals surface area (Å²) in [5.74, 6) is -0.0987. The zero-order valence-corrected chi connectivity index (χ0v) is 23.1. The first-order valence-electron chi connectivity index (χ1n) is 12.2. The van der Waals surface area contributed by atoms with E-state index >= 15 is 0 Å².